The molecule has 1 saturated heterocycles. The minimum Gasteiger partial charge on any atom is -0.315 e. The molecule has 1 fully saturated rings. The van der Waals surface area contributed by atoms with Gasteiger partial charge < -0.3 is 5.32 Å². The van der Waals surface area contributed by atoms with Crippen LogP contribution >= 0.6 is 12.4 Å². The van der Waals surface area contributed by atoms with Gasteiger partial charge in [-0.3, -0.25) is 0 Å². The van der Waals surface area contributed by atoms with Crippen molar-refractivity contribution in [3.63, 3.8) is 0 Å². The molecular weight excluding hydrogens is 146 g/mol. The molecule has 10 heavy (non-hydrogen) atoms. The van der Waals surface area contributed by atoms with Crippen LogP contribution in [0.4, 0.5) is 0 Å². The molecule has 0 aromatic rings. The second kappa shape index (κ2) is 4.75. The summed E-state index contributed by atoms with van der Waals surface area (Å²) in [6.45, 7) is 6.79. The minimum atomic E-state index is 0. The van der Waals surface area contributed by atoms with Crippen molar-refractivity contribution in [2.45, 2.75) is 13.8 Å². The fourth-order valence-electron chi connectivity index (χ4n) is 0.826. The van der Waals surface area contributed by atoms with Crippen molar-refractivity contribution in [2.24, 2.45) is 11.8 Å². The molecule has 0 aliphatic carbocycles. The van der Waals surface area contributed by atoms with E-state index in [-0.39, 0.29) is 12.4 Å². The second-order valence-corrected chi connectivity index (χ2v) is 3.05. The van der Waals surface area contributed by atoms with E-state index in [1.165, 1.54) is 13.1 Å². The van der Waals surface area contributed by atoms with Crippen LogP contribution in [-0.2, 0) is 0 Å². The number of halogens is 1. The van der Waals surface area contributed by atoms with E-state index < -0.39 is 0 Å². The lowest BCUT2D eigenvalue weighted by molar-refractivity contribution is 0.417. The summed E-state index contributed by atoms with van der Waals surface area (Å²) in [5.74, 6) is 1.54. The first-order chi connectivity index (χ1) is 4.29. The Hall–Kier alpha value is -0.0100. The highest BCUT2D eigenvalue weighted by molar-refractivity contribution is 5.85. The first kappa shape index (κ1) is 9.99. The zero-order valence-electron chi connectivity index (χ0n) is 6.63. The molecule has 1 rings (SSSR count). The molecule has 0 atom stereocenters. The number of allylic oxidation sites excluding steroid dienone is 1. The molecule has 0 amide bonds. The van der Waals surface area contributed by atoms with Crippen LogP contribution in [0.5, 0.6) is 0 Å². The van der Waals surface area contributed by atoms with Crippen LogP contribution in [-0.4, -0.2) is 13.1 Å². The zero-order valence-corrected chi connectivity index (χ0v) is 7.45. The third-order valence-corrected chi connectivity index (χ3v) is 1.58. The van der Waals surface area contributed by atoms with Crippen molar-refractivity contribution >= 4 is 12.4 Å². The molecular formula is C8H16ClN. The van der Waals surface area contributed by atoms with Gasteiger partial charge in [-0.25, -0.2) is 0 Å². The molecule has 0 aromatic carbocycles. The Morgan fingerprint density at radius 2 is 2.00 bits per heavy atom. The van der Waals surface area contributed by atoms with Gasteiger partial charge in [0.25, 0.3) is 0 Å². The number of nitrogens with one attached hydrogen (secondary N) is 1. The first-order valence-corrected chi connectivity index (χ1v) is 3.68. The molecule has 1 heterocycles. The van der Waals surface area contributed by atoms with Crippen molar-refractivity contribution in [3.05, 3.63) is 12.2 Å². The van der Waals surface area contributed by atoms with Gasteiger partial charge in [0.15, 0.2) is 0 Å². The summed E-state index contributed by atoms with van der Waals surface area (Å²) < 4.78 is 0. The van der Waals surface area contributed by atoms with E-state index in [0.717, 1.165) is 5.92 Å². The molecule has 1 nitrogen and oxygen atoms in total. The number of hydrogen-bond donors (Lipinski definition) is 1. The minimum absolute atomic E-state index is 0. The fraction of sp³-hybridized carbons (Fsp3) is 0.750. The van der Waals surface area contributed by atoms with Gasteiger partial charge in [-0.2, -0.15) is 0 Å². The second-order valence-electron chi connectivity index (χ2n) is 3.05. The van der Waals surface area contributed by atoms with Crippen molar-refractivity contribution in [1.82, 2.24) is 5.32 Å². The van der Waals surface area contributed by atoms with E-state index in [1.54, 1.807) is 0 Å². The SMILES string of the molecule is CC(C)/C=C/C1CNC1.Cl. The standard InChI is InChI=1S/C8H15N.ClH/c1-7(2)3-4-8-5-9-6-8;/h3-4,7-9H,5-6H2,1-2H3;1H/b4-3+;. The van der Waals surface area contributed by atoms with E-state index in [2.05, 4.69) is 31.3 Å². The molecule has 0 aromatic heterocycles. The third-order valence-electron chi connectivity index (χ3n) is 1.58. The van der Waals surface area contributed by atoms with Gasteiger partial charge in [0.1, 0.15) is 0 Å². The Balaban J connectivity index is 0.000000810. The number of hydrogen-bond acceptors (Lipinski definition) is 1. The summed E-state index contributed by atoms with van der Waals surface area (Å²) in [7, 11) is 0. The van der Waals surface area contributed by atoms with Gasteiger partial charge in [-0.1, -0.05) is 26.0 Å². The maximum atomic E-state index is 3.23. The third kappa shape index (κ3) is 3.23. The molecule has 1 aliphatic rings. The lowest BCUT2D eigenvalue weighted by Gasteiger charge is -2.23. The van der Waals surface area contributed by atoms with Crippen LogP contribution in [0.25, 0.3) is 0 Å². The molecule has 2 heteroatoms. The molecule has 0 radical (unpaired) electrons. The van der Waals surface area contributed by atoms with Crippen LogP contribution in [0.3, 0.4) is 0 Å². The lowest BCUT2D eigenvalue weighted by Crippen LogP contribution is -2.40. The lowest BCUT2D eigenvalue weighted by atomic mass is 10.0. The molecule has 0 bridgehead atoms. The van der Waals surface area contributed by atoms with Gasteiger partial charge in [-0.15, -0.1) is 12.4 Å². The Labute approximate surface area is 69.3 Å². The topological polar surface area (TPSA) is 12.0 Å². The van der Waals surface area contributed by atoms with Gasteiger partial charge in [0.05, 0.1) is 0 Å². The highest BCUT2D eigenvalue weighted by Crippen LogP contribution is 2.06. The van der Waals surface area contributed by atoms with Gasteiger partial charge in [0, 0.05) is 19.0 Å². The van der Waals surface area contributed by atoms with Crippen LogP contribution in [0.1, 0.15) is 13.8 Å². The molecule has 1 aliphatic heterocycles. The van der Waals surface area contributed by atoms with Crippen molar-refractivity contribution < 1.29 is 0 Å². The van der Waals surface area contributed by atoms with E-state index in [1.807, 2.05) is 0 Å². The Kier molecular flexibility index (Phi) is 4.75. The summed E-state index contributed by atoms with van der Waals surface area (Å²) in [6, 6.07) is 0. The first-order valence-electron chi connectivity index (χ1n) is 3.68. The summed E-state index contributed by atoms with van der Waals surface area (Å²) >= 11 is 0. The average Bonchev–Trinajstić information content (AvgIpc) is 1.60. The van der Waals surface area contributed by atoms with Crippen molar-refractivity contribution in [3.8, 4) is 0 Å². The molecule has 60 valence electrons. The summed E-state index contributed by atoms with van der Waals surface area (Å²) in [4.78, 5) is 0. The molecule has 0 unspecified atom stereocenters. The van der Waals surface area contributed by atoms with E-state index in [9.17, 15) is 0 Å². The van der Waals surface area contributed by atoms with Gasteiger partial charge in [0.2, 0.25) is 0 Å². The molecule has 1 N–H and O–H groups in total. The highest BCUT2D eigenvalue weighted by Gasteiger charge is 2.11. The smallest absolute Gasteiger partial charge is 0.00266 e. The van der Waals surface area contributed by atoms with Gasteiger partial charge in [-0.05, 0) is 5.92 Å². The molecule has 0 spiro atoms. The Morgan fingerprint density at radius 3 is 2.30 bits per heavy atom. The van der Waals surface area contributed by atoms with Gasteiger partial charge >= 0.3 is 0 Å². The summed E-state index contributed by atoms with van der Waals surface area (Å²) in [5, 5.41) is 3.23. The maximum Gasteiger partial charge on any atom is 0.00266 e. The Bertz CT molecular complexity index is 106. The van der Waals surface area contributed by atoms with Crippen LogP contribution in [0.2, 0.25) is 0 Å². The summed E-state index contributed by atoms with van der Waals surface area (Å²) in [5.41, 5.74) is 0. The Morgan fingerprint density at radius 1 is 1.40 bits per heavy atom. The van der Waals surface area contributed by atoms with Crippen molar-refractivity contribution in [1.29, 1.82) is 0 Å². The maximum absolute atomic E-state index is 3.23. The van der Waals surface area contributed by atoms with E-state index in [0.29, 0.717) is 5.92 Å². The van der Waals surface area contributed by atoms with Crippen LogP contribution < -0.4 is 5.32 Å². The van der Waals surface area contributed by atoms with E-state index >= 15 is 0 Å². The fourth-order valence-corrected chi connectivity index (χ4v) is 0.826. The number of rotatable bonds is 2. The van der Waals surface area contributed by atoms with Crippen LogP contribution in [0, 0.1) is 11.8 Å². The largest absolute Gasteiger partial charge is 0.315 e. The quantitative estimate of drug-likeness (QED) is 0.610. The normalized spacial score (nSPS) is 19.1. The zero-order chi connectivity index (χ0) is 6.69. The predicted molar refractivity (Wildman–Crippen MR) is 47.6 cm³/mol. The predicted octanol–water partition coefficient (Wildman–Crippen LogP) is 1.84. The summed E-state index contributed by atoms with van der Waals surface area (Å²) in [6.07, 6.45) is 4.60. The molecule has 0 saturated carbocycles. The average molecular weight is 162 g/mol. The van der Waals surface area contributed by atoms with Crippen molar-refractivity contribution in [2.75, 3.05) is 13.1 Å². The monoisotopic (exact) mass is 161 g/mol. The van der Waals surface area contributed by atoms with Crippen LogP contribution in [0.15, 0.2) is 12.2 Å². The van der Waals surface area contributed by atoms with E-state index in [4.69, 9.17) is 0 Å². The highest BCUT2D eigenvalue weighted by atomic mass is 35.5.